The molecule has 2 rings (SSSR count). The fourth-order valence-electron chi connectivity index (χ4n) is 2.49. The van der Waals surface area contributed by atoms with Crippen LogP contribution in [0.4, 0.5) is 0 Å². The van der Waals surface area contributed by atoms with Crippen molar-refractivity contribution in [1.82, 2.24) is 14.6 Å². The van der Waals surface area contributed by atoms with Crippen LogP contribution in [-0.2, 0) is 21.3 Å². The summed E-state index contributed by atoms with van der Waals surface area (Å²) in [5.41, 5.74) is 0.813. The van der Waals surface area contributed by atoms with Gasteiger partial charge in [0.25, 0.3) is 0 Å². The number of carbonyl (C=O) groups is 1. The molecule has 0 bridgehead atoms. The van der Waals surface area contributed by atoms with Gasteiger partial charge in [0.05, 0.1) is 18.6 Å². The molecular formula is C13H21N3O4S2. The number of hydrogen-bond donors (Lipinski definition) is 1. The van der Waals surface area contributed by atoms with Gasteiger partial charge in [-0.15, -0.1) is 11.3 Å². The van der Waals surface area contributed by atoms with Gasteiger partial charge in [0.1, 0.15) is 0 Å². The molecule has 9 heteroatoms. The van der Waals surface area contributed by atoms with Gasteiger partial charge in [-0.25, -0.2) is 22.9 Å². The first kappa shape index (κ1) is 17.3. The van der Waals surface area contributed by atoms with Gasteiger partial charge in [-0.1, -0.05) is 0 Å². The molecule has 1 aliphatic heterocycles. The highest BCUT2D eigenvalue weighted by Crippen LogP contribution is 2.17. The van der Waals surface area contributed by atoms with Gasteiger partial charge in [0.15, 0.2) is 0 Å². The minimum absolute atomic E-state index is 0.0630. The summed E-state index contributed by atoms with van der Waals surface area (Å²) in [6.45, 7) is 4.25. The summed E-state index contributed by atoms with van der Waals surface area (Å²) < 4.78 is 30.2. The molecule has 0 radical (unpaired) electrons. The van der Waals surface area contributed by atoms with Crippen molar-refractivity contribution >= 4 is 27.3 Å². The summed E-state index contributed by atoms with van der Waals surface area (Å²) in [6.07, 6.45) is 2.95. The molecule has 0 spiro atoms. The Hall–Kier alpha value is -1.03. The van der Waals surface area contributed by atoms with Crippen LogP contribution in [0.15, 0.2) is 5.38 Å². The molecule has 0 unspecified atom stereocenters. The lowest BCUT2D eigenvalue weighted by Crippen LogP contribution is -2.47. The van der Waals surface area contributed by atoms with E-state index >= 15 is 0 Å². The molecule has 0 saturated carbocycles. The first-order chi connectivity index (χ1) is 10.4. The number of thiazole rings is 1. The summed E-state index contributed by atoms with van der Waals surface area (Å²) in [7, 11) is -3.18. The first-order valence-corrected chi connectivity index (χ1v) is 9.95. The van der Waals surface area contributed by atoms with E-state index in [0.29, 0.717) is 24.7 Å². The van der Waals surface area contributed by atoms with Gasteiger partial charge in [-0.2, -0.15) is 0 Å². The van der Waals surface area contributed by atoms with Gasteiger partial charge in [-0.05, 0) is 26.3 Å². The molecule has 2 heterocycles. The Labute approximate surface area is 134 Å². The van der Waals surface area contributed by atoms with Crippen LogP contribution < -0.4 is 4.72 Å². The number of likely N-dealkylation sites (tertiary alicyclic amines) is 1. The first-order valence-electron chi connectivity index (χ1n) is 7.18. The lowest BCUT2D eigenvalue weighted by Gasteiger charge is -2.32. The van der Waals surface area contributed by atoms with Gasteiger partial charge < -0.3 is 4.74 Å². The van der Waals surface area contributed by atoms with Crippen LogP contribution in [0.2, 0.25) is 0 Å². The molecule has 1 atom stereocenters. The molecule has 0 aromatic carbocycles. The summed E-state index contributed by atoms with van der Waals surface area (Å²) >= 11 is 1.27. The third-order valence-corrected chi connectivity index (χ3v) is 4.91. The van der Waals surface area contributed by atoms with Gasteiger partial charge in [0.2, 0.25) is 15.0 Å². The lowest BCUT2D eigenvalue weighted by atomic mass is 10.1. The summed E-state index contributed by atoms with van der Waals surface area (Å²) in [4.78, 5) is 18.0. The van der Waals surface area contributed by atoms with Crippen molar-refractivity contribution in [2.75, 3.05) is 26.0 Å². The molecule has 1 aromatic rings. The standard InChI is InChI=1S/C13H21N3O4S2/c1-3-20-13(17)12-14-11(9-21-12)8-16-6-4-5-10(7-16)15-22(2,18)19/h9-10,15H,3-8H2,1-2H3/t10-/m0/s1. The second kappa shape index (κ2) is 7.49. The normalized spacial score (nSPS) is 20.0. The second-order valence-electron chi connectivity index (χ2n) is 5.33. The Kier molecular flexibility index (Phi) is 5.90. The van der Waals surface area contributed by atoms with E-state index in [-0.39, 0.29) is 6.04 Å². The predicted molar refractivity (Wildman–Crippen MR) is 84.3 cm³/mol. The van der Waals surface area contributed by atoms with E-state index in [0.717, 1.165) is 25.1 Å². The highest BCUT2D eigenvalue weighted by atomic mass is 32.2. The van der Waals surface area contributed by atoms with Crippen molar-refractivity contribution in [2.45, 2.75) is 32.4 Å². The van der Waals surface area contributed by atoms with Crippen LogP contribution in [0.25, 0.3) is 0 Å². The number of ether oxygens (including phenoxy) is 1. The Morgan fingerprint density at radius 3 is 3.05 bits per heavy atom. The van der Waals surface area contributed by atoms with Crippen LogP contribution in [0.3, 0.4) is 0 Å². The average molecular weight is 347 g/mol. The number of sulfonamides is 1. The highest BCUT2D eigenvalue weighted by molar-refractivity contribution is 7.88. The summed E-state index contributed by atoms with van der Waals surface area (Å²) in [5.74, 6) is -0.394. The Bertz CT molecular complexity index is 615. The molecule has 124 valence electrons. The number of esters is 1. The fraction of sp³-hybridized carbons (Fsp3) is 0.692. The molecule has 1 saturated heterocycles. The minimum Gasteiger partial charge on any atom is -0.461 e. The topological polar surface area (TPSA) is 88.6 Å². The van der Waals surface area contributed by atoms with E-state index in [1.165, 1.54) is 17.6 Å². The van der Waals surface area contributed by atoms with E-state index in [1.807, 2.05) is 5.38 Å². The van der Waals surface area contributed by atoms with E-state index < -0.39 is 16.0 Å². The van der Waals surface area contributed by atoms with Crippen molar-refractivity contribution in [1.29, 1.82) is 0 Å². The number of hydrogen-bond acceptors (Lipinski definition) is 7. The van der Waals surface area contributed by atoms with Crippen LogP contribution >= 0.6 is 11.3 Å². The third kappa shape index (κ3) is 5.31. The van der Waals surface area contributed by atoms with Crippen LogP contribution in [0, 0.1) is 0 Å². The number of piperidine rings is 1. The van der Waals surface area contributed by atoms with Gasteiger partial charge in [-0.3, -0.25) is 4.90 Å². The van der Waals surface area contributed by atoms with Crippen molar-refractivity contribution in [3.05, 3.63) is 16.1 Å². The number of carbonyl (C=O) groups excluding carboxylic acids is 1. The van der Waals surface area contributed by atoms with Crippen molar-refractivity contribution in [3.63, 3.8) is 0 Å². The maximum absolute atomic E-state index is 11.6. The quantitative estimate of drug-likeness (QED) is 0.767. The van der Waals surface area contributed by atoms with E-state index in [1.54, 1.807) is 6.92 Å². The van der Waals surface area contributed by atoms with E-state index in [2.05, 4.69) is 14.6 Å². The summed E-state index contributed by atoms with van der Waals surface area (Å²) in [6, 6.07) is -0.0630. The predicted octanol–water partition coefficient (Wildman–Crippen LogP) is 0.833. The number of rotatable bonds is 6. The molecule has 0 aliphatic carbocycles. The molecule has 1 aromatic heterocycles. The molecule has 7 nitrogen and oxygen atoms in total. The zero-order valence-corrected chi connectivity index (χ0v) is 14.4. The third-order valence-electron chi connectivity index (χ3n) is 3.27. The van der Waals surface area contributed by atoms with E-state index in [9.17, 15) is 13.2 Å². The van der Waals surface area contributed by atoms with E-state index in [4.69, 9.17) is 4.74 Å². The largest absolute Gasteiger partial charge is 0.461 e. The zero-order valence-electron chi connectivity index (χ0n) is 12.7. The van der Waals surface area contributed by atoms with Crippen LogP contribution in [0.5, 0.6) is 0 Å². The Morgan fingerprint density at radius 1 is 1.59 bits per heavy atom. The lowest BCUT2D eigenvalue weighted by molar-refractivity contribution is 0.0525. The molecule has 0 amide bonds. The van der Waals surface area contributed by atoms with Crippen molar-refractivity contribution in [3.8, 4) is 0 Å². The van der Waals surface area contributed by atoms with Crippen LogP contribution in [-0.4, -0.2) is 56.3 Å². The second-order valence-corrected chi connectivity index (χ2v) is 7.97. The average Bonchev–Trinajstić information content (AvgIpc) is 2.86. The van der Waals surface area contributed by atoms with Crippen molar-refractivity contribution < 1.29 is 17.9 Å². The fourth-order valence-corrected chi connectivity index (χ4v) is 3.99. The molecule has 1 N–H and O–H groups in total. The molecule has 1 fully saturated rings. The molecular weight excluding hydrogens is 326 g/mol. The number of aromatic nitrogens is 1. The molecule has 1 aliphatic rings. The maximum atomic E-state index is 11.6. The SMILES string of the molecule is CCOC(=O)c1nc(CN2CCC[C@H](NS(C)(=O)=O)C2)cs1. The smallest absolute Gasteiger partial charge is 0.367 e. The summed E-state index contributed by atoms with van der Waals surface area (Å²) in [5, 5.41) is 2.21. The molecule has 22 heavy (non-hydrogen) atoms. The van der Waals surface area contributed by atoms with Gasteiger partial charge in [0, 0.05) is 24.5 Å². The Balaban J connectivity index is 1.91. The monoisotopic (exact) mass is 347 g/mol. The maximum Gasteiger partial charge on any atom is 0.367 e. The van der Waals surface area contributed by atoms with Crippen molar-refractivity contribution in [2.24, 2.45) is 0 Å². The highest BCUT2D eigenvalue weighted by Gasteiger charge is 2.23. The van der Waals surface area contributed by atoms with Crippen LogP contribution in [0.1, 0.15) is 35.3 Å². The Morgan fingerprint density at radius 2 is 2.36 bits per heavy atom. The number of nitrogens with one attached hydrogen (secondary N) is 1. The number of nitrogens with zero attached hydrogens (tertiary/aromatic N) is 2. The minimum atomic E-state index is -3.18. The van der Waals surface area contributed by atoms with Gasteiger partial charge >= 0.3 is 5.97 Å². The zero-order chi connectivity index (χ0) is 16.2.